The molecule has 368 valence electrons. The number of carbonyl (C=O) groups is 3. The van der Waals surface area contributed by atoms with Crippen LogP contribution in [-0.4, -0.2) is 37.2 Å². The standard InChI is InChI=1S/C57H104O6/c1-4-7-10-13-16-19-22-24-26-27-28-29-31-32-35-38-41-44-47-50-56(59)62-53-54(52-61-55(58)49-46-43-40-37-34-21-18-15-12-9-6-3)63-57(60)51-48-45-42-39-36-33-30-25-23-20-17-14-11-8-5-2/h15,17-18,20,25,30,54H,4-14,16,19,21-24,26-29,31-53H2,1-3H3/b18-15-,20-17-,30-25-. The van der Waals surface area contributed by atoms with Crippen LogP contribution in [0.5, 0.6) is 0 Å². The highest BCUT2D eigenvalue weighted by molar-refractivity contribution is 5.71. The summed E-state index contributed by atoms with van der Waals surface area (Å²) in [6.45, 7) is 6.59. The molecule has 0 amide bonds. The summed E-state index contributed by atoms with van der Waals surface area (Å²) in [7, 11) is 0. The minimum atomic E-state index is -0.779. The van der Waals surface area contributed by atoms with E-state index >= 15 is 0 Å². The minimum absolute atomic E-state index is 0.0773. The summed E-state index contributed by atoms with van der Waals surface area (Å²) < 4.78 is 16.8. The average Bonchev–Trinajstić information content (AvgIpc) is 3.28. The molecule has 6 heteroatoms. The fourth-order valence-corrected chi connectivity index (χ4v) is 7.93. The second-order valence-electron chi connectivity index (χ2n) is 18.5. The summed E-state index contributed by atoms with van der Waals surface area (Å²) in [5.74, 6) is -0.889. The van der Waals surface area contributed by atoms with Crippen molar-refractivity contribution in [2.24, 2.45) is 0 Å². The lowest BCUT2D eigenvalue weighted by atomic mass is 10.0. The SMILES string of the molecule is CCCC/C=C\CCCCCCCC(=O)OCC(COC(=O)CCCCCCCCCCCCCCCCCCCCC)OC(=O)CCCCCCC/C=C\C/C=C\CCCCC. The van der Waals surface area contributed by atoms with E-state index in [1.54, 1.807) is 0 Å². The summed E-state index contributed by atoms with van der Waals surface area (Å²) in [6, 6.07) is 0. The molecule has 0 N–H and O–H groups in total. The molecule has 0 spiro atoms. The Morgan fingerprint density at radius 1 is 0.317 bits per heavy atom. The fourth-order valence-electron chi connectivity index (χ4n) is 7.93. The third-order valence-electron chi connectivity index (χ3n) is 12.1. The molecule has 0 rings (SSSR count). The van der Waals surface area contributed by atoms with Crippen molar-refractivity contribution in [2.45, 2.75) is 297 Å². The normalized spacial score (nSPS) is 12.2. The number of carbonyl (C=O) groups excluding carboxylic acids is 3. The quantitative estimate of drug-likeness (QED) is 0.0262. The molecule has 0 saturated carbocycles. The van der Waals surface area contributed by atoms with Crippen molar-refractivity contribution in [3.8, 4) is 0 Å². The van der Waals surface area contributed by atoms with Crippen LogP contribution in [0, 0.1) is 0 Å². The van der Waals surface area contributed by atoms with Crippen molar-refractivity contribution >= 4 is 17.9 Å². The maximum atomic E-state index is 12.8. The molecule has 0 bridgehead atoms. The Labute approximate surface area is 391 Å². The number of rotatable bonds is 50. The zero-order chi connectivity index (χ0) is 45.8. The van der Waals surface area contributed by atoms with Crippen LogP contribution in [0.3, 0.4) is 0 Å². The lowest BCUT2D eigenvalue weighted by molar-refractivity contribution is -0.167. The topological polar surface area (TPSA) is 78.9 Å². The molecular weight excluding hydrogens is 781 g/mol. The molecule has 0 aromatic rings. The molecule has 1 atom stereocenters. The van der Waals surface area contributed by atoms with E-state index in [-0.39, 0.29) is 31.1 Å². The largest absolute Gasteiger partial charge is 0.462 e. The number of allylic oxidation sites excluding steroid dienone is 6. The highest BCUT2D eigenvalue weighted by Crippen LogP contribution is 2.16. The van der Waals surface area contributed by atoms with Crippen LogP contribution in [0.15, 0.2) is 36.5 Å². The molecule has 63 heavy (non-hydrogen) atoms. The van der Waals surface area contributed by atoms with Crippen molar-refractivity contribution in [1.29, 1.82) is 0 Å². The van der Waals surface area contributed by atoms with Crippen molar-refractivity contribution in [3.05, 3.63) is 36.5 Å². The molecule has 0 aromatic carbocycles. The van der Waals surface area contributed by atoms with Gasteiger partial charge in [-0.05, 0) is 70.6 Å². The van der Waals surface area contributed by atoms with Gasteiger partial charge in [-0.1, -0.05) is 237 Å². The van der Waals surface area contributed by atoms with Gasteiger partial charge in [0, 0.05) is 19.3 Å². The van der Waals surface area contributed by atoms with Crippen LogP contribution >= 0.6 is 0 Å². The molecular formula is C57H104O6. The van der Waals surface area contributed by atoms with Crippen molar-refractivity contribution in [2.75, 3.05) is 13.2 Å². The van der Waals surface area contributed by atoms with Gasteiger partial charge in [-0.25, -0.2) is 0 Å². The molecule has 0 fully saturated rings. The molecule has 0 saturated heterocycles. The van der Waals surface area contributed by atoms with Crippen LogP contribution in [0.1, 0.15) is 290 Å². The third-order valence-corrected chi connectivity index (χ3v) is 12.1. The van der Waals surface area contributed by atoms with E-state index in [9.17, 15) is 14.4 Å². The van der Waals surface area contributed by atoms with Gasteiger partial charge in [-0.3, -0.25) is 14.4 Å². The Hall–Kier alpha value is -2.37. The molecule has 0 aliphatic rings. The van der Waals surface area contributed by atoms with E-state index in [1.807, 2.05) is 0 Å². The summed E-state index contributed by atoms with van der Waals surface area (Å²) in [5, 5.41) is 0. The zero-order valence-electron chi connectivity index (χ0n) is 42.1. The highest BCUT2D eigenvalue weighted by atomic mass is 16.6. The predicted octanol–water partition coefficient (Wildman–Crippen LogP) is 18.1. The third kappa shape index (κ3) is 50.5. The minimum Gasteiger partial charge on any atom is -0.462 e. The first-order valence-corrected chi connectivity index (χ1v) is 27.5. The van der Waals surface area contributed by atoms with E-state index in [0.717, 1.165) is 89.9 Å². The maximum Gasteiger partial charge on any atom is 0.306 e. The molecule has 0 aliphatic carbocycles. The smallest absolute Gasteiger partial charge is 0.306 e. The van der Waals surface area contributed by atoms with Gasteiger partial charge in [0.1, 0.15) is 13.2 Å². The molecule has 0 heterocycles. The average molecular weight is 885 g/mol. The van der Waals surface area contributed by atoms with Crippen LogP contribution in [0.4, 0.5) is 0 Å². The van der Waals surface area contributed by atoms with Crippen molar-refractivity contribution in [1.82, 2.24) is 0 Å². The Bertz CT molecular complexity index is 1060. The highest BCUT2D eigenvalue weighted by Gasteiger charge is 2.19. The Morgan fingerprint density at radius 2 is 0.587 bits per heavy atom. The second kappa shape index (κ2) is 52.3. The van der Waals surface area contributed by atoms with E-state index < -0.39 is 6.10 Å². The van der Waals surface area contributed by atoms with Gasteiger partial charge in [0.15, 0.2) is 6.10 Å². The Balaban J connectivity index is 4.31. The van der Waals surface area contributed by atoms with Crippen LogP contribution in [-0.2, 0) is 28.6 Å². The van der Waals surface area contributed by atoms with Gasteiger partial charge in [0.2, 0.25) is 0 Å². The van der Waals surface area contributed by atoms with Crippen LogP contribution < -0.4 is 0 Å². The van der Waals surface area contributed by atoms with Gasteiger partial charge in [0.05, 0.1) is 0 Å². The lowest BCUT2D eigenvalue weighted by Gasteiger charge is -2.18. The number of esters is 3. The molecule has 0 aromatic heterocycles. The predicted molar refractivity (Wildman–Crippen MR) is 270 cm³/mol. The first-order chi connectivity index (χ1) is 31.0. The van der Waals surface area contributed by atoms with Crippen molar-refractivity contribution in [3.63, 3.8) is 0 Å². The molecule has 0 aliphatic heterocycles. The molecule has 6 nitrogen and oxygen atoms in total. The summed E-state index contributed by atoms with van der Waals surface area (Å²) in [5.41, 5.74) is 0. The molecule has 0 radical (unpaired) electrons. The Morgan fingerprint density at radius 3 is 0.968 bits per heavy atom. The van der Waals surface area contributed by atoms with Crippen LogP contribution in [0.25, 0.3) is 0 Å². The van der Waals surface area contributed by atoms with E-state index in [4.69, 9.17) is 14.2 Å². The molecule has 1 unspecified atom stereocenters. The fraction of sp³-hybridized carbons (Fsp3) is 0.842. The summed E-state index contributed by atoms with van der Waals surface area (Å²) in [6.07, 6.45) is 61.3. The number of hydrogen-bond acceptors (Lipinski definition) is 6. The lowest BCUT2D eigenvalue weighted by Crippen LogP contribution is -2.30. The summed E-state index contributed by atoms with van der Waals surface area (Å²) >= 11 is 0. The monoisotopic (exact) mass is 885 g/mol. The number of unbranched alkanes of at least 4 members (excludes halogenated alkanes) is 33. The van der Waals surface area contributed by atoms with Gasteiger partial charge >= 0.3 is 17.9 Å². The first-order valence-electron chi connectivity index (χ1n) is 27.5. The van der Waals surface area contributed by atoms with E-state index in [2.05, 4.69) is 57.2 Å². The van der Waals surface area contributed by atoms with E-state index in [1.165, 1.54) is 161 Å². The van der Waals surface area contributed by atoms with Gasteiger partial charge in [-0.15, -0.1) is 0 Å². The van der Waals surface area contributed by atoms with Crippen LogP contribution in [0.2, 0.25) is 0 Å². The Kier molecular flexibility index (Phi) is 50.3. The zero-order valence-corrected chi connectivity index (χ0v) is 42.1. The van der Waals surface area contributed by atoms with E-state index in [0.29, 0.717) is 19.3 Å². The second-order valence-corrected chi connectivity index (χ2v) is 18.5. The van der Waals surface area contributed by atoms with Gasteiger partial charge < -0.3 is 14.2 Å². The summed E-state index contributed by atoms with van der Waals surface area (Å²) in [4.78, 5) is 38.0. The van der Waals surface area contributed by atoms with Gasteiger partial charge in [0.25, 0.3) is 0 Å². The first kappa shape index (κ1) is 60.6. The number of hydrogen-bond donors (Lipinski definition) is 0. The maximum absolute atomic E-state index is 12.8. The number of ether oxygens (including phenoxy) is 3. The van der Waals surface area contributed by atoms with Gasteiger partial charge in [-0.2, -0.15) is 0 Å². The van der Waals surface area contributed by atoms with Crippen molar-refractivity contribution < 1.29 is 28.6 Å².